The minimum Gasteiger partial charge on any atom is -0.447 e. The van der Waals surface area contributed by atoms with Crippen molar-refractivity contribution in [2.45, 2.75) is 30.3 Å². The molecule has 1 saturated carbocycles. The van der Waals surface area contributed by atoms with Crippen LogP contribution in [0.25, 0.3) is 0 Å². The highest BCUT2D eigenvalue weighted by molar-refractivity contribution is 5.94. The molecular weight excluding hydrogens is 354 g/mol. The van der Waals surface area contributed by atoms with Gasteiger partial charge in [-0.1, -0.05) is 12.1 Å². The molecule has 0 N–H and O–H groups in total. The number of hydrogen-bond acceptors (Lipinski definition) is 4. The SMILES string of the molecule is O=C1O[C@]2(CCN(C(=O)C3(c4ccc(F)cc4F)CC3)C2)c2cccnc21. The molecule has 0 unspecified atom stereocenters. The van der Waals surface area contributed by atoms with Gasteiger partial charge in [-0.2, -0.15) is 0 Å². The minimum atomic E-state index is -0.941. The number of halogens is 2. The zero-order chi connectivity index (χ0) is 18.8. The van der Waals surface area contributed by atoms with E-state index in [4.69, 9.17) is 4.74 Å². The number of benzene rings is 1. The summed E-state index contributed by atoms with van der Waals surface area (Å²) in [5, 5.41) is 0. The van der Waals surface area contributed by atoms with E-state index in [0.29, 0.717) is 31.4 Å². The molecule has 7 heteroatoms. The summed E-state index contributed by atoms with van der Waals surface area (Å²) < 4.78 is 33.2. The summed E-state index contributed by atoms with van der Waals surface area (Å²) >= 11 is 0. The summed E-state index contributed by atoms with van der Waals surface area (Å²) in [5.74, 6) is -2.04. The first-order valence-corrected chi connectivity index (χ1v) is 8.89. The molecule has 3 aliphatic rings. The fraction of sp³-hybridized carbons (Fsp3) is 0.350. The van der Waals surface area contributed by atoms with Crippen molar-refractivity contribution >= 4 is 11.9 Å². The van der Waals surface area contributed by atoms with Crippen molar-refractivity contribution in [1.29, 1.82) is 0 Å². The van der Waals surface area contributed by atoms with E-state index < -0.39 is 28.6 Å². The molecule has 2 aromatic rings. The van der Waals surface area contributed by atoms with E-state index in [2.05, 4.69) is 4.98 Å². The van der Waals surface area contributed by atoms with Crippen LogP contribution in [0.4, 0.5) is 8.78 Å². The molecule has 1 amide bonds. The third kappa shape index (κ3) is 2.23. The zero-order valence-corrected chi connectivity index (χ0v) is 14.4. The predicted octanol–water partition coefficient (Wildman–Crippen LogP) is 2.69. The first-order valence-electron chi connectivity index (χ1n) is 8.89. The smallest absolute Gasteiger partial charge is 0.358 e. The first kappa shape index (κ1) is 16.4. The number of fused-ring (bicyclic) bond motifs is 2. The average molecular weight is 370 g/mol. The maximum absolute atomic E-state index is 14.3. The van der Waals surface area contributed by atoms with Crippen LogP contribution >= 0.6 is 0 Å². The van der Waals surface area contributed by atoms with Crippen molar-refractivity contribution in [2.75, 3.05) is 13.1 Å². The van der Waals surface area contributed by atoms with Gasteiger partial charge in [-0.3, -0.25) is 4.79 Å². The number of aromatic nitrogens is 1. The lowest BCUT2D eigenvalue weighted by atomic mass is 9.92. The van der Waals surface area contributed by atoms with Gasteiger partial charge in [0.2, 0.25) is 5.91 Å². The van der Waals surface area contributed by atoms with Gasteiger partial charge >= 0.3 is 5.97 Å². The fourth-order valence-electron chi connectivity index (χ4n) is 4.38. The quantitative estimate of drug-likeness (QED) is 0.763. The Labute approximate surface area is 154 Å². The van der Waals surface area contributed by atoms with Crippen LogP contribution in [0.2, 0.25) is 0 Å². The number of likely N-dealkylation sites (tertiary alicyclic amines) is 1. The number of carbonyl (C=O) groups is 2. The Kier molecular flexibility index (Phi) is 3.24. The van der Waals surface area contributed by atoms with Crippen LogP contribution in [-0.2, 0) is 20.5 Å². The molecule has 0 bridgehead atoms. The van der Waals surface area contributed by atoms with E-state index in [-0.39, 0.29) is 23.7 Å². The molecule has 1 spiro atoms. The summed E-state index contributed by atoms with van der Waals surface area (Å²) in [4.78, 5) is 31.1. The maximum Gasteiger partial charge on any atom is 0.358 e. The highest BCUT2D eigenvalue weighted by Gasteiger charge is 2.58. The molecule has 0 radical (unpaired) electrons. The van der Waals surface area contributed by atoms with Crippen molar-refractivity contribution < 1.29 is 23.1 Å². The molecule has 1 aliphatic carbocycles. The number of ether oxygens (including phenoxy) is 1. The van der Waals surface area contributed by atoms with Crippen molar-refractivity contribution in [3.63, 3.8) is 0 Å². The Balaban J connectivity index is 1.44. The first-order chi connectivity index (χ1) is 13.0. The number of rotatable bonds is 2. The van der Waals surface area contributed by atoms with E-state index in [9.17, 15) is 18.4 Å². The fourth-order valence-corrected chi connectivity index (χ4v) is 4.38. The van der Waals surface area contributed by atoms with Gasteiger partial charge in [0.15, 0.2) is 11.3 Å². The van der Waals surface area contributed by atoms with Crippen LogP contribution in [0.15, 0.2) is 36.5 Å². The number of nitrogens with zero attached hydrogens (tertiary/aromatic N) is 2. The molecule has 138 valence electrons. The molecule has 2 aliphatic heterocycles. The Morgan fingerprint density at radius 1 is 1.15 bits per heavy atom. The van der Waals surface area contributed by atoms with Crippen LogP contribution in [0, 0.1) is 11.6 Å². The molecule has 1 aromatic carbocycles. The molecule has 5 rings (SSSR count). The molecule has 1 atom stereocenters. The number of amides is 1. The van der Waals surface area contributed by atoms with Gasteiger partial charge in [0.05, 0.1) is 12.0 Å². The zero-order valence-electron chi connectivity index (χ0n) is 14.4. The minimum absolute atomic E-state index is 0.196. The molecule has 3 heterocycles. The van der Waals surface area contributed by atoms with Crippen LogP contribution in [0.1, 0.15) is 40.9 Å². The Morgan fingerprint density at radius 2 is 1.96 bits per heavy atom. The second-order valence-electron chi connectivity index (χ2n) is 7.47. The van der Waals surface area contributed by atoms with Crippen molar-refractivity contribution in [3.8, 4) is 0 Å². The second kappa shape index (κ2) is 5.34. The third-order valence-electron chi connectivity index (χ3n) is 5.91. The lowest BCUT2D eigenvalue weighted by Gasteiger charge is -2.26. The molecular formula is C20H16F2N2O3. The van der Waals surface area contributed by atoms with E-state index >= 15 is 0 Å². The van der Waals surface area contributed by atoms with E-state index in [1.54, 1.807) is 17.0 Å². The number of esters is 1. The van der Waals surface area contributed by atoms with Crippen LogP contribution in [-0.4, -0.2) is 34.8 Å². The van der Waals surface area contributed by atoms with Gasteiger partial charge in [0.1, 0.15) is 11.6 Å². The van der Waals surface area contributed by atoms with Crippen LogP contribution in [0.5, 0.6) is 0 Å². The van der Waals surface area contributed by atoms with Crippen molar-refractivity contribution in [3.05, 3.63) is 65.0 Å². The van der Waals surface area contributed by atoms with Gasteiger partial charge in [0.25, 0.3) is 0 Å². The maximum atomic E-state index is 14.3. The van der Waals surface area contributed by atoms with Gasteiger partial charge < -0.3 is 9.64 Å². The van der Waals surface area contributed by atoms with Gasteiger partial charge in [-0.05, 0) is 25.0 Å². The van der Waals surface area contributed by atoms with Crippen molar-refractivity contribution in [2.24, 2.45) is 0 Å². The number of pyridine rings is 1. The topological polar surface area (TPSA) is 59.5 Å². The lowest BCUT2D eigenvalue weighted by Crippen LogP contribution is -2.40. The molecule has 2 fully saturated rings. The number of hydrogen-bond donors (Lipinski definition) is 0. The summed E-state index contributed by atoms with van der Waals surface area (Å²) in [7, 11) is 0. The van der Waals surface area contributed by atoms with Gasteiger partial charge in [-0.15, -0.1) is 0 Å². The molecule has 27 heavy (non-hydrogen) atoms. The third-order valence-corrected chi connectivity index (χ3v) is 5.91. The monoisotopic (exact) mass is 370 g/mol. The highest BCUT2D eigenvalue weighted by Crippen LogP contribution is 2.52. The van der Waals surface area contributed by atoms with Crippen molar-refractivity contribution in [1.82, 2.24) is 9.88 Å². The highest BCUT2D eigenvalue weighted by atomic mass is 19.1. The largest absolute Gasteiger partial charge is 0.447 e. The average Bonchev–Trinajstić information content (AvgIpc) is 3.27. The van der Waals surface area contributed by atoms with Crippen LogP contribution < -0.4 is 0 Å². The standard InChI is InChI=1S/C20H16F2N2O3/c21-12-3-4-13(15(22)10-12)19(5-6-19)18(26)24-9-7-20(11-24)14-2-1-8-23-16(14)17(25)27-20/h1-4,8,10H,5-7,9,11H2/t20-/m0/s1. The Hall–Kier alpha value is -2.83. The normalized spacial score (nSPS) is 24.8. The Bertz CT molecular complexity index is 989. The summed E-state index contributed by atoms with van der Waals surface area (Å²) in [6.45, 7) is 0.631. The molecule has 1 saturated heterocycles. The lowest BCUT2D eigenvalue weighted by molar-refractivity contribution is -0.134. The molecule has 5 nitrogen and oxygen atoms in total. The summed E-state index contributed by atoms with van der Waals surface area (Å²) in [6.07, 6.45) is 3.06. The van der Waals surface area contributed by atoms with Gasteiger partial charge in [-0.25, -0.2) is 18.6 Å². The second-order valence-corrected chi connectivity index (χ2v) is 7.47. The van der Waals surface area contributed by atoms with E-state index in [1.807, 2.05) is 0 Å². The predicted molar refractivity (Wildman–Crippen MR) is 89.8 cm³/mol. The van der Waals surface area contributed by atoms with E-state index in [0.717, 1.165) is 6.07 Å². The summed E-state index contributed by atoms with van der Waals surface area (Å²) in [5.41, 5.74) is -0.599. The Morgan fingerprint density at radius 3 is 2.70 bits per heavy atom. The van der Waals surface area contributed by atoms with Crippen LogP contribution in [0.3, 0.4) is 0 Å². The van der Waals surface area contributed by atoms with Gasteiger partial charge in [0, 0.05) is 36.4 Å². The molecule has 1 aromatic heterocycles. The number of carbonyl (C=O) groups excluding carboxylic acids is 2. The summed E-state index contributed by atoms with van der Waals surface area (Å²) in [6, 6.07) is 6.89. The van der Waals surface area contributed by atoms with E-state index in [1.165, 1.54) is 18.3 Å².